The maximum atomic E-state index is 3.52. The van der Waals surface area contributed by atoms with Gasteiger partial charge in [-0.2, -0.15) is 0 Å². The summed E-state index contributed by atoms with van der Waals surface area (Å²) < 4.78 is 0. The van der Waals surface area contributed by atoms with Crippen molar-refractivity contribution in [3.05, 3.63) is 0 Å². The molecule has 86 valence electrons. The number of nitrogens with zero attached hydrogens (tertiary/aromatic N) is 1. The molecule has 1 atom stereocenters. The average Bonchev–Trinajstić information content (AvgIpc) is 2.57. The first-order valence-electron chi connectivity index (χ1n) is 6.29. The Morgan fingerprint density at radius 3 is 2.67 bits per heavy atom. The van der Waals surface area contributed by atoms with E-state index in [4.69, 9.17) is 0 Å². The summed E-state index contributed by atoms with van der Waals surface area (Å²) in [7, 11) is -1.17. The molecule has 0 saturated carbocycles. The third-order valence-electron chi connectivity index (χ3n) is 2.78. The maximum absolute atomic E-state index is 3.52. The molecule has 2 heteroatoms. The van der Waals surface area contributed by atoms with Crippen molar-refractivity contribution in [2.75, 3.05) is 13.1 Å². The van der Waals surface area contributed by atoms with Crippen molar-refractivity contribution in [2.45, 2.75) is 58.3 Å². The smallest absolute Gasteiger partial charge is 0.129 e. The fourth-order valence-corrected chi connectivity index (χ4v) is 2.52. The highest BCUT2D eigenvalue weighted by Gasteiger charge is 2.22. The fourth-order valence-electron chi connectivity index (χ4n) is 1.92. The molecule has 0 N–H and O–H groups in total. The topological polar surface area (TPSA) is 3.24 Å². The van der Waals surface area contributed by atoms with Gasteiger partial charge >= 0.3 is 0 Å². The van der Waals surface area contributed by atoms with Crippen LogP contribution in [0, 0.1) is 11.5 Å². The predicted molar refractivity (Wildman–Crippen MR) is 70.6 cm³/mol. The summed E-state index contributed by atoms with van der Waals surface area (Å²) in [6.07, 6.45) is 5.26. The van der Waals surface area contributed by atoms with E-state index >= 15 is 0 Å². The lowest BCUT2D eigenvalue weighted by Gasteiger charge is -2.20. The molecule has 0 radical (unpaired) electrons. The number of hydrogen-bond donors (Lipinski definition) is 0. The van der Waals surface area contributed by atoms with Crippen molar-refractivity contribution in [2.24, 2.45) is 0 Å². The summed E-state index contributed by atoms with van der Waals surface area (Å²) in [5.41, 5.74) is 3.52. The first kappa shape index (κ1) is 12.8. The van der Waals surface area contributed by atoms with Gasteiger partial charge < -0.3 is 0 Å². The fraction of sp³-hybridized carbons (Fsp3) is 0.846. The summed E-state index contributed by atoms with van der Waals surface area (Å²) in [6, 6.07) is 0.572. The van der Waals surface area contributed by atoms with E-state index in [0.717, 1.165) is 0 Å². The number of rotatable bonds is 3. The Kier molecular flexibility index (Phi) is 4.88. The third kappa shape index (κ3) is 4.86. The van der Waals surface area contributed by atoms with Crippen molar-refractivity contribution in [3.63, 3.8) is 0 Å². The van der Waals surface area contributed by atoms with Gasteiger partial charge in [0.05, 0.1) is 6.04 Å². The summed E-state index contributed by atoms with van der Waals surface area (Å²) in [5.74, 6) is 3.52. The van der Waals surface area contributed by atoms with E-state index in [1.807, 2.05) is 0 Å². The molecule has 1 aliphatic rings. The van der Waals surface area contributed by atoms with Crippen LogP contribution in [-0.2, 0) is 0 Å². The van der Waals surface area contributed by atoms with Gasteiger partial charge in [0, 0.05) is 0 Å². The molecule has 0 aromatic heterocycles. The largest absolute Gasteiger partial charge is 0.290 e. The van der Waals surface area contributed by atoms with Gasteiger partial charge in [-0.25, -0.2) is 0 Å². The molecule has 0 bridgehead atoms. The Labute approximate surface area is 96.3 Å². The second-order valence-electron chi connectivity index (χ2n) is 5.57. The van der Waals surface area contributed by atoms with Crippen LogP contribution in [0.1, 0.15) is 32.6 Å². The molecule has 15 heavy (non-hydrogen) atoms. The second-order valence-corrected chi connectivity index (χ2v) is 10.3. The van der Waals surface area contributed by atoms with Crippen LogP contribution in [0.2, 0.25) is 19.6 Å². The van der Waals surface area contributed by atoms with Gasteiger partial charge in [0.15, 0.2) is 0 Å². The Bertz CT molecular complexity index is 243. The van der Waals surface area contributed by atoms with E-state index in [9.17, 15) is 0 Å². The van der Waals surface area contributed by atoms with E-state index in [-0.39, 0.29) is 0 Å². The Morgan fingerprint density at radius 1 is 1.33 bits per heavy atom. The molecular formula is C13H25NSi. The highest BCUT2D eigenvalue weighted by molar-refractivity contribution is 6.83. The molecule has 0 aromatic rings. The van der Waals surface area contributed by atoms with Crippen LogP contribution in [0.15, 0.2) is 0 Å². The Hall–Kier alpha value is -0.263. The standard InChI is InChI=1S/C13H25NSi/c1-5-6-10-14-11-7-8-13(14)9-12-15(2,3)4/h13H,5-8,10-11H2,1-4H3. The molecule has 1 nitrogen and oxygen atoms in total. The van der Waals surface area contributed by atoms with Gasteiger partial charge in [-0.3, -0.25) is 4.90 Å². The molecule has 1 saturated heterocycles. The van der Waals surface area contributed by atoms with Crippen LogP contribution >= 0.6 is 0 Å². The van der Waals surface area contributed by atoms with Gasteiger partial charge in [0.1, 0.15) is 8.07 Å². The Morgan fingerprint density at radius 2 is 2.07 bits per heavy atom. The van der Waals surface area contributed by atoms with Crippen molar-refractivity contribution in [1.82, 2.24) is 4.90 Å². The molecule has 0 aromatic carbocycles. The molecule has 1 fully saturated rings. The zero-order valence-corrected chi connectivity index (χ0v) is 11.8. The minimum Gasteiger partial charge on any atom is -0.290 e. The van der Waals surface area contributed by atoms with E-state index in [0.29, 0.717) is 6.04 Å². The summed E-state index contributed by atoms with van der Waals surface area (Å²) in [4.78, 5) is 2.58. The Balaban J connectivity index is 2.48. The molecule has 1 aliphatic heterocycles. The quantitative estimate of drug-likeness (QED) is 0.525. The van der Waals surface area contributed by atoms with Crippen LogP contribution in [0.3, 0.4) is 0 Å². The van der Waals surface area contributed by atoms with E-state index in [1.54, 1.807) is 0 Å². The third-order valence-corrected chi connectivity index (χ3v) is 3.67. The van der Waals surface area contributed by atoms with E-state index in [1.165, 1.54) is 38.8 Å². The number of likely N-dealkylation sites (tertiary alicyclic amines) is 1. The number of unbranched alkanes of at least 4 members (excludes halogenated alkanes) is 1. The van der Waals surface area contributed by atoms with E-state index in [2.05, 4.69) is 42.9 Å². The van der Waals surface area contributed by atoms with Crippen molar-refractivity contribution in [1.29, 1.82) is 0 Å². The van der Waals surface area contributed by atoms with Gasteiger partial charge in [-0.15, -0.1) is 5.54 Å². The minimum atomic E-state index is -1.17. The normalized spacial score (nSPS) is 22.5. The monoisotopic (exact) mass is 223 g/mol. The first-order valence-corrected chi connectivity index (χ1v) is 9.79. The van der Waals surface area contributed by atoms with Crippen LogP contribution in [0.5, 0.6) is 0 Å². The van der Waals surface area contributed by atoms with Crippen LogP contribution < -0.4 is 0 Å². The highest BCUT2D eigenvalue weighted by Crippen LogP contribution is 2.17. The average molecular weight is 223 g/mol. The van der Waals surface area contributed by atoms with Crippen LogP contribution in [0.4, 0.5) is 0 Å². The zero-order chi connectivity index (χ0) is 11.3. The maximum Gasteiger partial charge on any atom is 0.129 e. The predicted octanol–water partition coefficient (Wildman–Crippen LogP) is 3.13. The molecule has 0 spiro atoms. The van der Waals surface area contributed by atoms with E-state index < -0.39 is 8.07 Å². The summed E-state index contributed by atoms with van der Waals surface area (Å²) >= 11 is 0. The molecule has 1 heterocycles. The van der Waals surface area contributed by atoms with Gasteiger partial charge in [0.25, 0.3) is 0 Å². The zero-order valence-electron chi connectivity index (χ0n) is 10.8. The van der Waals surface area contributed by atoms with Gasteiger partial charge in [-0.05, 0) is 32.4 Å². The molecule has 0 amide bonds. The van der Waals surface area contributed by atoms with Crippen LogP contribution in [0.25, 0.3) is 0 Å². The van der Waals surface area contributed by atoms with Crippen molar-refractivity contribution < 1.29 is 0 Å². The SMILES string of the molecule is CCCCN1CCCC1C#C[Si](C)(C)C. The lowest BCUT2D eigenvalue weighted by molar-refractivity contribution is 0.291. The first-order chi connectivity index (χ1) is 7.03. The summed E-state index contributed by atoms with van der Waals surface area (Å²) in [6.45, 7) is 11.8. The van der Waals surface area contributed by atoms with Crippen molar-refractivity contribution >= 4 is 8.07 Å². The molecule has 1 unspecified atom stereocenters. The lowest BCUT2D eigenvalue weighted by atomic mass is 10.2. The minimum absolute atomic E-state index is 0.572. The molecule has 1 rings (SSSR count). The lowest BCUT2D eigenvalue weighted by Crippen LogP contribution is -2.30. The van der Waals surface area contributed by atoms with Crippen LogP contribution in [-0.4, -0.2) is 32.1 Å². The summed E-state index contributed by atoms with van der Waals surface area (Å²) in [5, 5.41) is 0. The van der Waals surface area contributed by atoms with Gasteiger partial charge in [-0.1, -0.05) is 38.9 Å². The second kappa shape index (κ2) is 5.72. The highest BCUT2D eigenvalue weighted by atomic mass is 28.3. The molecular weight excluding hydrogens is 198 g/mol. The molecule has 0 aliphatic carbocycles. The number of hydrogen-bond acceptors (Lipinski definition) is 1. The van der Waals surface area contributed by atoms with Gasteiger partial charge in [0.2, 0.25) is 0 Å². The van der Waals surface area contributed by atoms with Crippen molar-refractivity contribution in [3.8, 4) is 11.5 Å².